The van der Waals surface area contributed by atoms with E-state index >= 15 is 0 Å². The van der Waals surface area contributed by atoms with Gasteiger partial charge in [-0.15, -0.1) is 0 Å². The Morgan fingerprint density at radius 1 is 1.18 bits per heavy atom. The van der Waals surface area contributed by atoms with Crippen molar-refractivity contribution >= 4 is 42.4 Å². The Morgan fingerprint density at radius 3 is 2.46 bits per heavy atom. The summed E-state index contributed by atoms with van der Waals surface area (Å²) in [6.07, 6.45) is 0.133. The first-order valence-electron chi connectivity index (χ1n) is 8.79. The molecule has 0 aliphatic carbocycles. The van der Waals surface area contributed by atoms with Crippen LogP contribution in [0.25, 0.3) is 10.2 Å². The second-order valence-electron chi connectivity index (χ2n) is 6.74. The molecule has 2 aromatic carbocycles. The summed E-state index contributed by atoms with van der Waals surface area (Å²) in [6.45, 7) is 5.27. The number of hydrogen-bond acceptors (Lipinski definition) is 6. The Balaban J connectivity index is 1.74. The molecule has 1 heterocycles. The van der Waals surface area contributed by atoms with E-state index in [4.69, 9.17) is 4.74 Å². The third-order valence-corrected chi connectivity index (χ3v) is 7.68. The fourth-order valence-corrected chi connectivity index (χ4v) is 4.77. The number of sulfone groups is 1. The predicted octanol–water partition coefficient (Wildman–Crippen LogP) is 3.98. The molecule has 3 aromatic rings. The molecule has 0 fully saturated rings. The van der Waals surface area contributed by atoms with Crippen LogP contribution in [0.5, 0.6) is 5.75 Å². The monoisotopic (exact) mass is 418 g/mol. The van der Waals surface area contributed by atoms with E-state index in [1.807, 2.05) is 19.1 Å². The third kappa shape index (κ3) is 4.02. The molecule has 0 unspecified atom stereocenters. The molecular formula is C20H22N2O4S2. The average Bonchev–Trinajstić information content (AvgIpc) is 3.06. The maximum atomic E-state index is 12.4. The Hall–Kier alpha value is -2.45. The largest absolute Gasteiger partial charge is 0.494 e. The van der Waals surface area contributed by atoms with Gasteiger partial charge >= 0.3 is 0 Å². The zero-order valence-corrected chi connectivity index (χ0v) is 17.8. The number of carbonyl (C=O) groups is 1. The van der Waals surface area contributed by atoms with Crippen molar-refractivity contribution < 1.29 is 17.9 Å². The van der Waals surface area contributed by atoms with Crippen LogP contribution in [0.4, 0.5) is 5.13 Å². The number of aromatic nitrogens is 1. The first kappa shape index (κ1) is 20.3. The molecule has 148 valence electrons. The number of aryl methyl sites for hydroxylation is 1. The van der Waals surface area contributed by atoms with Gasteiger partial charge in [-0.3, -0.25) is 4.79 Å². The van der Waals surface area contributed by atoms with Crippen molar-refractivity contribution in [1.82, 2.24) is 4.98 Å². The fraction of sp³-hybridized carbons (Fsp3) is 0.300. The maximum absolute atomic E-state index is 12.4. The highest BCUT2D eigenvalue weighted by atomic mass is 32.2. The molecule has 6 nitrogen and oxygen atoms in total. The molecule has 0 saturated carbocycles. The highest BCUT2D eigenvalue weighted by Crippen LogP contribution is 2.34. The minimum Gasteiger partial charge on any atom is -0.494 e. The van der Waals surface area contributed by atoms with Crippen molar-refractivity contribution in [3.05, 3.63) is 47.5 Å². The van der Waals surface area contributed by atoms with Crippen LogP contribution in [-0.4, -0.2) is 31.7 Å². The number of methoxy groups -OCH3 is 1. The lowest BCUT2D eigenvalue weighted by atomic mass is 10.1. The summed E-state index contributed by atoms with van der Waals surface area (Å²) in [5.74, 6) is 0.453. The lowest BCUT2D eigenvalue weighted by Gasteiger charge is -2.08. The van der Waals surface area contributed by atoms with E-state index in [9.17, 15) is 13.2 Å². The number of benzene rings is 2. The summed E-state index contributed by atoms with van der Waals surface area (Å²) in [5.41, 5.74) is 2.52. The zero-order chi connectivity index (χ0) is 20.5. The van der Waals surface area contributed by atoms with Gasteiger partial charge in [-0.05, 0) is 50.1 Å². The lowest BCUT2D eigenvalue weighted by molar-refractivity contribution is -0.115. The van der Waals surface area contributed by atoms with Crippen LogP contribution in [0.2, 0.25) is 0 Å². The highest BCUT2D eigenvalue weighted by Gasteiger charge is 2.19. The van der Waals surface area contributed by atoms with Gasteiger partial charge < -0.3 is 10.1 Å². The molecular weight excluding hydrogens is 396 g/mol. The number of rotatable bonds is 6. The Kier molecular flexibility index (Phi) is 5.71. The Morgan fingerprint density at radius 2 is 1.86 bits per heavy atom. The van der Waals surface area contributed by atoms with Crippen molar-refractivity contribution in [2.24, 2.45) is 0 Å². The molecule has 0 radical (unpaired) electrons. The summed E-state index contributed by atoms with van der Waals surface area (Å²) in [4.78, 5) is 17.1. The second kappa shape index (κ2) is 7.89. The van der Waals surface area contributed by atoms with Crippen LogP contribution >= 0.6 is 11.3 Å². The van der Waals surface area contributed by atoms with Gasteiger partial charge in [0.25, 0.3) is 0 Å². The number of ether oxygens (including phenoxy) is 1. The van der Waals surface area contributed by atoms with Crippen molar-refractivity contribution in [3.63, 3.8) is 0 Å². The minimum absolute atomic E-state index is 0.133. The Labute approximate surface area is 168 Å². The maximum Gasteiger partial charge on any atom is 0.230 e. The first-order chi connectivity index (χ1) is 13.2. The van der Waals surface area contributed by atoms with Crippen LogP contribution in [0, 0.1) is 6.92 Å². The number of amides is 1. The summed E-state index contributed by atoms with van der Waals surface area (Å²) in [7, 11) is -1.73. The molecule has 1 amide bonds. The third-order valence-electron chi connectivity index (χ3n) is 4.41. The van der Waals surface area contributed by atoms with E-state index in [0.717, 1.165) is 21.3 Å². The van der Waals surface area contributed by atoms with E-state index in [1.165, 1.54) is 11.3 Å². The van der Waals surface area contributed by atoms with Gasteiger partial charge in [0.05, 0.1) is 28.4 Å². The number of nitrogens with zero attached hydrogens (tertiary/aromatic N) is 1. The summed E-state index contributed by atoms with van der Waals surface area (Å²) in [5, 5.41) is 2.84. The minimum atomic E-state index is -3.32. The van der Waals surface area contributed by atoms with Gasteiger partial charge in [-0.2, -0.15) is 0 Å². The second-order valence-corrected chi connectivity index (χ2v) is 10.2. The zero-order valence-electron chi connectivity index (χ0n) is 16.1. The van der Waals surface area contributed by atoms with Gasteiger partial charge in [0.15, 0.2) is 15.0 Å². The Bertz CT molecular complexity index is 1120. The van der Waals surface area contributed by atoms with E-state index in [-0.39, 0.29) is 17.2 Å². The van der Waals surface area contributed by atoms with Crippen molar-refractivity contribution in [1.29, 1.82) is 0 Å². The number of hydrogen-bond donors (Lipinski definition) is 1. The van der Waals surface area contributed by atoms with E-state index in [0.29, 0.717) is 10.9 Å². The van der Waals surface area contributed by atoms with Gasteiger partial charge in [-0.25, -0.2) is 13.4 Å². The number of nitrogens with one attached hydrogen (secondary N) is 1. The van der Waals surface area contributed by atoms with E-state index in [1.54, 1.807) is 45.2 Å². The highest BCUT2D eigenvalue weighted by molar-refractivity contribution is 7.92. The van der Waals surface area contributed by atoms with Crippen LogP contribution < -0.4 is 10.1 Å². The molecule has 0 aliphatic rings. The van der Waals surface area contributed by atoms with Gasteiger partial charge in [0.1, 0.15) is 11.3 Å². The van der Waals surface area contributed by atoms with E-state index < -0.39 is 15.1 Å². The van der Waals surface area contributed by atoms with Crippen molar-refractivity contribution in [2.75, 3.05) is 12.4 Å². The molecule has 0 aliphatic heterocycles. The standard InChI is InChI=1S/C20H22N2O4S2/c1-12(2)28(24,25)15-8-6-14(7-9-15)11-17(23)21-20-22-18-16(26-4)10-5-13(3)19(18)27-20/h5-10,12H,11H2,1-4H3,(H,21,22,23). The normalized spacial score (nSPS) is 11.8. The molecule has 1 aromatic heterocycles. The van der Waals surface area contributed by atoms with E-state index in [2.05, 4.69) is 10.3 Å². The number of fused-ring (bicyclic) bond motifs is 1. The quantitative estimate of drug-likeness (QED) is 0.654. The average molecular weight is 419 g/mol. The SMILES string of the molecule is COc1ccc(C)c2sc(NC(=O)Cc3ccc(S(=O)(=O)C(C)C)cc3)nc12. The van der Waals surface area contributed by atoms with Crippen LogP contribution in [-0.2, 0) is 21.1 Å². The molecule has 0 bridgehead atoms. The molecule has 8 heteroatoms. The van der Waals surface area contributed by atoms with Crippen molar-refractivity contribution in [3.8, 4) is 5.75 Å². The van der Waals surface area contributed by atoms with Crippen LogP contribution in [0.1, 0.15) is 25.0 Å². The van der Waals surface area contributed by atoms with Gasteiger partial charge in [0, 0.05) is 0 Å². The molecule has 3 rings (SSSR count). The summed E-state index contributed by atoms with van der Waals surface area (Å²) >= 11 is 1.40. The molecule has 28 heavy (non-hydrogen) atoms. The molecule has 1 N–H and O–H groups in total. The first-order valence-corrected chi connectivity index (χ1v) is 11.2. The lowest BCUT2D eigenvalue weighted by Crippen LogP contribution is -2.15. The summed E-state index contributed by atoms with van der Waals surface area (Å²) in [6, 6.07) is 10.2. The predicted molar refractivity (Wildman–Crippen MR) is 112 cm³/mol. The fourth-order valence-electron chi connectivity index (χ4n) is 2.75. The van der Waals surface area contributed by atoms with Crippen molar-refractivity contribution in [2.45, 2.75) is 37.3 Å². The molecule has 0 saturated heterocycles. The van der Waals surface area contributed by atoms with Crippen LogP contribution in [0.15, 0.2) is 41.3 Å². The topological polar surface area (TPSA) is 85.4 Å². The number of thiazole rings is 1. The smallest absolute Gasteiger partial charge is 0.230 e. The summed E-state index contributed by atoms with van der Waals surface area (Å²) < 4.78 is 30.7. The number of anilines is 1. The van der Waals surface area contributed by atoms with Gasteiger partial charge in [0.2, 0.25) is 5.91 Å². The molecule has 0 spiro atoms. The number of carbonyl (C=O) groups excluding carboxylic acids is 1. The molecule has 0 atom stereocenters. The van der Waals surface area contributed by atoms with Crippen LogP contribution in [0.3, 0.4) is 0 Å². The van der Waals surface area contributed by atoms with Gasteiger partial charge in [-0.1, -0.05) is 29.5 Å².